The van der Waals surface area contributed by atoms with Gasteiger partial charge in [-0.15, -0.1) is 0 Å². The van der Waals surface area contributed by atoms with E-state index in [4.69, 9.17) is 14.2 Å². The molecule has 27 heavy (non-hydrogen) atoms. The molecule has 0 bridgehead atoms. The van der Waals surface area contributed by atoms with Crippen molar-refractivity contribution in [3.05, 3.63) is 24.3 Å². The summed E-state index contributed by atoms with van der Waals surface area (Å²) >= 11 is 0. The molecule has 0 unspecified atom stereocenters. The number of carbonyl (C=O) groups excluding carboxylic acids is 1. The number of ether oxygens (including phenoxy) is 3. The number of amides is 1. The van der Waals surface area contributed by atoms with Crippen molar-refractivity contribution in [3.63, 3.8) is 0 Å². The van der Waals surface area contributed by atoms with Crippen LogP contribution in [0.5, 0.6) is 11.8 Å². The predicted octanol–water partition coefficient (Wildman–Crippen LogP) is 0.375. The zero-order valence-electron chi connectivity index (χ0n) is 15.4. The van der Waals surface area contributed by atoms with E-state index in [2.05, 4.69) is 20.8 Å². The van der Waals surface area contributed by atoms with Gasteiger partial charge in [-0.2, -0.15) is 4.68 Å². The zero-order valence-corrected chi connectivity index (χ0v) is 15.4. The zero-order chi connectivity index (χ0) is 19.0. The van der Waals surface area contributed by atoms with Crippen LogP contribution >= 0.6 is 0 Å². The van der Waals surface area contributed by atoms with Gasteiger partial charge in [0.2, 0.25) is 5.91 Å². The Morgan fingerprint density at radius 2 is 2.11 bits per heavy atom. The van der Waals surface area contributed by atoms with Crippen LogP contribution in [0.2, 0.25) is 0 Å². The van der Waals surface area contributed by atoms with Crippen molar-refractivity contribution in [3.8, 4) is 11.8 Å². The van der Waals surface area contributed by atoms with Gasteiger partial charge in [0.15, 0.2) is 0 Å². The van der Waals surface area contributed by atoms with Crippen molar-refractivity contribution in [2.45, 2.75) is 31.2 Å². The third-order valence-electron chi connectivity index (χ3n) is 4.74. The van der Waals surface area contributed by atoms with Gasteiger partial charge in [0.05, 0.1) is 19.3 Å². The summed E-state index contributed by atoms with van der Waals surface area (Å²) in [5.74, 6) is 0.527. The minimum Gasteiger partial charge on any atom is -0.423 e. The van der Waals surface area contributed by atoms with E-state index < -0.39 is 0 Å². The molecule has 1 aromatic carbocycles. The fraction of sp³-hybridized carbons (Fsp3) is 0.529. The van der Waals surface area contributed by atoms with Gasteiger partial charge < -0.3 is 24.4 Å². The van der Waals surface area contributed by atoms with Crippen LogP contribution in [-0.4, -0.2) is 71.7 Å². The Labute approximate surface area is 156 Å². The molecule has 0 spiro atoms. The molecule has 10 nitrogen and oxygen atoms in total. The SMILES string of the molecule is CC(=O)N[C@H]1CO[C@H]2[C@@H]1OC[C@@H]2n1nnnc1Oc1cccc(N(C)C)c1. The quantitative estimate of drug-likeness (QED) is 0.801. The highest BCUT2D eigenvalue weighted by Crippen LogP contribution is 2.36. The van der Waals surface area contributed by atoms with Gasteiger partial charge in [-0.25, -0.2) is 0 Å². The maximum Gasteiger partial charge on any atom is 0.341 e. The standard InChI is InChI=1S/C17H22N6O4/c1-10(24)18-13-8-25-16-14(9-26-15(13)16)23-17(19-20-21-23)27-12-6-4-5-11(7-12)22(2)3/h4-7,13-16H,8-9H2,1-3H3,(H,18,24)/t13-,14-,15+,16+/m0/s1. The van der Waals surface area contributed by atoms with Gasteiger partial charge in [0, 0.05) is 32.8 Å². The molecule has 2 aliphatic heterocycles. The Hall–Kier alpha value is -2.72. The summed E-state index contributed by atoms with van der Waals surface area (Å²) in [4.78, 5) is 13.3. The van der Waals surface area contributed by atoms with E-state index >= 15 is 0 Å². The van der Waals surface area contributed by atoms with Crippen LogP contribution < -0.4 is 15.0 Å². The lowest BCUT2D eigenvalue weighted by Crippen LogP contribution is -2.43. The number of tetrazole rings is 1. The average Bonchev–Trinajstić information content (AvgIpc) is 3.32. The van der Waals surface area contributed by atoms with Gasteiger partial charge >= 0.3 is 6.01 Å². The largest absolute Gasteiger partial charge is 0.423 e. The predicted molar refractivity (Wildman–Crippen MR) is 94.8 cm³/mol. The van der Waals surface area contributed by atoms with Crippen LogP contribution in [0.3, 0.4) is 0 Å². The fourth-order valence-corrected chi connectivity index (χ4v) is 3.47. The first-order valence-corrected chi connectivity index (χ1v) is 8.76. The number of anilines is 1. The summed E-state index contributed by atoms with van der Waals surface area (Å²) in [6, 6.07) is 7.52. The molecule has 0 radical (unpaired) electrons. The van der Waals surface area contributed by atoms with Gasteiger partial charge in [0.1, 0.15) is 24.0 Å². The van der Waals surface area contributed by atoms with Crippen molar-refractivity contribution >= 4 is 11.6 Å². The van der Waals surface area contributed by atoms with E-state index in [0.29, 0.717) is 19.0 Å². The lowest BCUT2D eigenvalue weighted by molar-refractivity contribution is -0.120. The number of nitrogens with zero attached hydrogens (tertiary/aromatic N) is 5. The van der Waals surface area contributed by atoms with E-state index in [0.717, 1.165) is 5.69 Å². The molecule has 2 saturated heterocycles. The Kier molecular flexibility index (Phi) is 4.66. The number of aromatic nitrogens is 4. The summed E-state index contributed by atoms with van der Waals surface area (Å²) in [5.41, 5.74) is 1.01. The highest BCUT2D eigenvalue weighted by molar-refractivity contribution is 5.73. The van der Waals surface area contributed by atoms with Crippen molar-refractivity contribution in [1.29, 1.82) is 0 Å². The highest BCUT2D eigenvalue weighted by atomic mass is 16.6. The van der Waals surface area contributed by atoms with Crippen LogP contribution in [0.1, 0.15) is 13.0 Å². The number of hydrogen-bond acceptors (Lipinski definition) is 8. The molecule has 1 aromatic heterocycles. The van der Waals surface area contributed by atoms with Gasteiger partial charge in [0.25, 0.3) is 0 Å². The molecule has 1 N–H and O–H groups in total. The minimum atomic E-state index is -0.249. The highest BCUT2D eigenvalue weighted by Gasteiger charge is 2.50. The van der Waals surface area contributed by atoms with Gasteiger partial charge in [-0.3, -0.25) is 4.79 Å². The first-order valence-electron chi connectivity index (χ1n) is 8.76. The summed E-state index contributed by atoms with van der Waals surface area (Å²) < 4.78 is 19.2. The summed E-state index contributed by atoms with van der Waals surface area (Å²) in [7, 11) is 3.92. The van der Waals surface area contributed by atoms with E-state index in [1.807, 2.05) is 43.3 Å². The van der Waals surface area contributed by atoms with E-state index in [-0.39, 0.29) is 36.2 Å². The van der Waals surface area contributed by atoms with Gasteiger partial charge in [-0.05, 0) is 22.6 Å². The Morgan fingerprint density at radius 1 is 1.30 bits per heavy atom. The number of nitrogens with one attached hydrogen (secondary N) is 1. The third kappa shape index (κ3) is 3.45. The van der Waals surface area contributed by atoms with Crippen LogP contribution in [-0.2, 0) is 14.3 Å². The normalized spacial score (nSPS) is 26.6. The Balaban J connectivity index is 1.51. The lowest BCUT2D eigenvalue weighted by Gasteiger charge is -2.18. The molecule has 2 aliphatic rings. The van der Waals surface area contributed by atoms with E-state index in [1.165, 1.54) is 6.92 Å². The molecular formula is C17H22N6O4. The Morgan fingerprint density at radius 3 is 2.89 bits per heavy atom. The van der Waals surface area contributed by atoms with Crippen LogP contribution in [0.4, 0.5) is 5.69 Å². The smallest absolute Gasteiger partial charge is 0.341 e. The molecule has 2 fully saturated rings. The molecule has 4 rings (SSSR count). The second-order valence-corrected chi connectivity index (χ2v) is 6.87. The number of fused-ring (bicyclic) bond motifs is 1. The molecule has 144 valence electrons. The molecule has 1 amide bonds. The summed E-state index contributed by atoms with van der Waals surface area (Å²) in [6.45, 7) is 2.26. The average molecular weight is 374 g/mol. The van der Waals surface area contributed by atoms with Gasteiger partial charge in [-0.1, -0.05) is 11.2 Å². The van der Waals surface area contributed by atoms with E-state index in [1.54, 1.807) is 4.68 Å². The molecule has 2 aromatic rings. The minimum absolute atomic E-state index is 0.108. The van der Waals surface area contributed by atoms with Crippen LogP contribution in [0.15, 0.2) is 24.3 Å². The second-order valence-electron chi connectivity index (χ2n) is 6.87. The van der Waals surface area contributed by atoms with E-state index in [9.17, 15) is 4.79 Å². The summed E-state index contributed by atoms with van der Waals surface area (Å²) in [5, 5.41) is 14.7. The number of rotatable bonds is 5. The second kappa shape index (κ2) is 7.12. The van der Waals surface area contributed by atoms with Crippen molar-refractivity contribution < 1.29 is 19.0 Å². The molecule has 0 aliphatic carbocycles. The third-order valence-corrected chi connectivity index (χ3v) is 4.74. The number of hydrogen-bond donors (Lipinski definition) is 1. The maximum absolute atomic E-state index is 11.3. The molecule has 0 saturated carbocycles. The molecule has 10 heteroatoms. The Bertz CT molecular complexity index is 825. The van der Waals surface area contributed by atoms with Crippen LogP contribution in [0, 0.1) is 0 Å². The maximum atomic E-state index is 11.3. The molecule has 3 heterocycles. The van der Waals surface area contributed by atoms with Crippen molar-refractivity contribution in [2.75, 3.05) is 32.2 Å². The lowest BCUT2D eigenvalue weighted by atomic mass is 10.1. The molecule has 4 atom stereocenters. The topological polar surface area (TPSA) is 104 Å². The summed E-state index contributed by atoms with van der Waals surface area (Å²) in [6.07, 6.45) is -0.478. The van der Waals surface area contributed by atoms with Crippen LogP contribution in [0.25, 0.3) is 0 Å². The molecular weight excluding hydrogens is 352 g/mol. The monoisotopic (exact) mass is 374 g/mol. The fourth-order valence-electron chi connectivity index (χ4n) is 3.47. The first kappa shape index (κ1) is 17.7. The van der Waals surface area contributed by atoms with Crippen molar-refractivity contribution in [1.82, 2.24) is 25.5 Å². The number of carbonyl (C=O) groups is 1. The van der Waals surface area contributed by atoms with Crippen molar-refractivity contribution in [2.24, 2.45) is 0 Å². The number of benzene rings is 1. The first-order chi connectivity index (χ1) is 13.0.